The zero-order valence-corrected chi connectivity index (χ0v) is 13.2. The normalized spacial score (nSPS) is 16.0. The Labute approximate surface area is 140 Å². The molecule has 0 radical (unpaired) electrons. The van der Waals surface area contributed by atoms with Gasteiger partial charge in [0.15, 0.2) is 0 Å². The van der Waals surface area contributed by atoms with E-state index in [1.165, 1.54) is 24.3 Å². The third kappa shape index (κ3) is 4.60. The molecule has 9 heteroatoms. The van der Waals surface area contributed by atoms with Crippen LogP contribution < -0.4 is 5.32 Å². The molecule has 0 aliphatic carbocycles. The van der Waals surface area contributed by atoms with Gasteiger partial charge < -0.3 is 10.4 Å². The number of carbonyl (C=O) groups excluding carboxylic acids is 2. The molecule has 0 atom stereocenters. The van der Waals surface area contributed by atoms with E-state index in [4.69, 9.17) is 17.3 Å². The topological polar surface area (TPSA) is 86.7 Å². The highest BCUT2D eigenvalue weighted by Crippen LogP contribution is 2.32. The molecule has 2 rings (SSSR count). The Hall–Kier alpha value is -2.26. The maximum atomic E-state index is 13.2. The van der Waals surface area contributed by atoms with E-state index < -0.39 is 30.1 Å². The van der Waals surface area contributed by atoms with Crippen molar-refractivity contribution in [1.82, 2.24) is 10.2 Å². The Bertz CT molecular complexity index is 720. The van der Waals surface area contributed by atoms with Crippen LogP contribution in [0.5, 0.6) is 0 Å². The average molecular weight is 354 g/mol. The number of carboxylic acid groups (broad SMARTS) is 1. The van der Waals surface area contributed by atoms with Gasteiger partial charge in [-0.15, -0.1) is 0 Å². The van der Waals surface area contributed by atoms with Gasteiger partial charge in [-0.2, -0.15) is 0 Å². The maximum Gasteiger partial charge on any atom is 0.322 e. The van der Waals surface area contributed by atoms with Crippen molar-refractivity contribution in [3.8, 4) is 0 Å². The second kappa shape index (κ2) is 7.34. The molecule has 1 aliphatic rings. The first-order chi connectivity index (χ1) is 10.9. The van der Waals surface area contributed by atoms with Crippen LogP contribution in [0.3, 0.4) is 0 Å². The number of carbonyl (C=O) groups is 3. The molecule has 1 heterocycles. The van der Waals surface area contributed by atoms with Crippen LogP contribution in [0, 0.1) is 5.82 Å². The number of thioether (sulfide) groups is 1. The lowest BCUT2D eigenvalue weighted by Crippen LogP contribution is -2.41. The van der Waals surface area contributed by atoms with Gasteiger partial charge in [-0.1, -0.05) is 36.1 Å². The van der Waals surface area contributed by atoms with E-state index in [1.54, 1.807) is 6.07 Å². The Morgan fingerprint density at radius 2 is 2.17 bits per heavy atom. The Morgan fingerprint density at radius 1 is 1.43 bits per heavy atom. The van der Waals surface area contributed by atoms with E-state index in [0.717, 1.165) is 16.7 Å². The lowest BCUT2D eigenvalue weighted by atomic mass is 10.2. The summed E-state index contributed by atoms with van der Waals surface area (Å²) in [5.41, 5.74) is 0.501. The molecule has 120 valence electrons. The number of nitrogens with zero attached hydrogens (tertiary/aromatic N) is 1. The number of rotatable bonds is 5. The van der Waals surface area contributed by atoms with E-state index in [9.17, 15) is 18.8 Å². The molecule has 0 spiro atoms. The number of aliphatic carboxylic acids is 1. The highest BCUT2D eigenvalue weighted by Gasteiger charge is 2.33. The number of thiocarbonyl (C=S) groups is 1. The number of carboxylic acids is 1. The fraction of sp³-hybridized carbons (Fsp3) is 0.143. The van der Waals surface area contributed by atoms with E-state index in [-0.39, 0.29) is 15.8 Å². The van der Waals surface area contributed by atoms with Gasteiger partial charge in [-0.25, -0.2) is 4.39 Å². The second-order valence-electron chi connectivity index (χ2n) is 4.49. The van der Waals surface area contributed by atoms with Gasteiger partial charge in [0.2, 0.25) is 5.91 Å². The molecule has 0 saturated carbocycles. The van der Waals surface area contributed by atoms with Crippen molar-refractivity contribution in [3.63, 3.8) is 0 Å². The Kier molecular flexibility index (Phi) is 5.45. The van der Waals surface area contributed by atoms with Gasteiger partial charge in [-0.3, -0.25) is 19.3 Å². The molecule has 23 heavy (non-hydrogen) atoms. The van der Waals surface area contributed by atoms with Crippen LogP contribution in [0.2, 0.25) is 0 Å². The van der Waals surface area contributed by atoms with Crippen LogP contribution in [0.25, 0.3) is 6.08 Å². The monoisotopic (exact) mass is 354 g/mol. The first-order valence-corrected chi connectivity index (χ1v) is 7.58. The third-order valence-corrected chi connectivity index (χ3v) is 4.14. The SMILES string of the molecule is O=C(O)CNC(=O)CN1C(=O)/C(=C/c2cccc(F)c2)SC1=S. The van der Waals surface area contributed by atoms with Crippen LogP contribution in [0.4, 0.5) is 4.39 Å². The smallest absolute Gasteiger partial charge is 0.322 e. The zero-order chi connectivity index (χ0) is 17.0. The number of hydrogen-bond acceptors (Lipinski definition) is 5. The van der Waals surface area contributed by atoms with Crippen molar-refractivity contribution in [3.05, 3.63) is 40.6 Å². The average Bonchev–Trinajstić information content (AvgIpc) is 2.73. The summed E-state index contributed by atoms with van der Waals surface area (Å²) in [7, 11) is 0. The largest absolute Gasteiger partial charge is 0.480 e. The van der Waals surface area contributed by atoms with Gasteiger partial charge in [0.25, 0.3) is 5.91 Å². The number of hydrogen-bond donors (Lipinski definition) is 2. The Balaban J connectivity index is 2.08. The van der Waals surface area contributed by atoms with Gasteiger partial charge in [0.1, 0.15) is 23.2 Å². The predicted molar refractivity (Wildman–Crippen MR) is 86.9 cm³/mol. The lowest BCUT2D eigenvalue weighted by Gasteiger charge is -2.13. The van der Waals surface area contributed by atoms with Crippen LogP contribution >= 0.6 is 24.0 Å². The molecule has 1 aromatic carbocycles. The number of benzene rings is 1. The molecule has 6 nitrogen and oxygen atoms in total. The van der Waals surface area contributed by atoms with Crippen LogP contribution in [0.15, 0.2) is 29.2 Å². The standard InChI is InChI=1S/C14H11FN2O4S2/c15-9-3-1-2-8(4-9)5-10-13(21)17(14(22)23-10)7-11(18)16-6-12(19)20/h1-5H,6-7H2,(H,16,18)(H,19,20)/b10-5-. The number of amides is 2. The molecule has 1 aromatic rings. The molecule has 0 unspecified atom stereocenters. The van der Waals surface area contributed by atoms with E-state index in [2.05, 4.69) is 5.32 Å². The minimum absolute atomic E-state index is 0.183. The summed E-state index contributed by atoms with van der Waals surface area (Å²) in [6.07, 6.45) is 1.48. The quantitative estimate of drug-likeness (QED) is 0.611. The van der Waals surface area contributed by atoms with Crippen LogP contribution in [-0.4, -0.2) is 45.2 Å². The second-order valence-corrected chi connectivity index (χ2v) is 6.17. The molecule has 1 saturated heterocycles. The predicted octanol–water partition coefficient (Wildman–Crippen LogP) is 1.23. The molecular formula is C14H11FN2O4S2. The Morgan fingerprint density at radius 3 is 2.83 bits per heavy atom. The van der Waals surface area contributed by atoms with Gasteiger partial charge in [-0.05, 0) is 23.8 Å². The third-order valence-electron chi connectivity index (χ3n) is 2.76. The minimum atomic E-state index is -1.19. The molecular weight excluding hydrogens is 343 g/mol. The first-order valence-electron chi connectivity index (χ1n) is 6.36. The van der Waals surface area contributed by atoms with E-state index in [0.29, 0.717) is 5.56 Å². The molecule has 1 aliphatic heterocycles. The van der Waals surface area contributed by atoms with Crippen molar-refractivity contribution in [2.24, 2.45) is 0 Å². The summed E-state index contributed by atoms with van der Waals surface area (Å²) in [5.74, 6) is -2.72. The van der Waals surface area contributed by atoms with E-state index in [1.807, 2.05) is 0 Å². The fourth-order valence-electron chi connectivity index (χ4n) is 1.76. The molecule has 2 amide bonds. The molecule has 2 N–H and O–H groups in total. The van der Waals surface area contributed by atoms with Crippen molar-refractivity contribution in [2.75, 3.05) is 13.1 Å². The summed E-state index contributed by atoms with van der Waals surface area (Å²) in [6.45, 7) is -0.898. The number of nitrogens with one attached hydrogen (secondary N) is 1. The zero-order valence-electron chi connectivity index (χ0n) is 11.6. The van der Waals surface area contributed by atoms with Gasteiger partial charge >= 0.3 is 5.97 Å². The van der Waals surface area contributed by atoms with Crippen LogP contribution in [-0.2, 0) is 14.4 Å². The van der Waals surface area contributed by atoms with Crippen molar-refractivity contribution in [2.45, 2.75) is 0 Å². The highest BCUT2D eigenvalue weighted by atomic mass is 32.2. The number of halogens is 1. The van der Waals surface area contributed by atoms with Gasteiger partial charge in [0, 0.05) is 0 Å². The summed E-state index contributed by atoms with van der Waals surface area (Å²) >= 11 is 6.05. The van der Waals surface area contributed by atoms with Crippen molar-refractivity contribution >= 4 is 52.2 Å². The molecule has 0 bridgehead atoms. The van der Waals surface area contributed by atoms with Crippen molar-refractivity contribution in [1.29, 1.82) is 0 Å². The molecule has 1 fully saturated rings. The summed E-state index contributed by atoms with van der Waals surface area (Å²) in [5, 5.41) is 10.6. The molecule has 0 aromatic heterocycles. The summed E-state index contributed by atoms with van der Waals surface area (Å²) < 4.78 is 13.3. The van der Waals surface area contributed by atoms with Gasteiger partial charge in [0.05, 0.1) is 4.91 Å². The maximum absolute atomic E-state index is 13.2. The summed E-state index contributed by atoms with van der Waals surface area (Å²) in [4.78, 5) is 35.6. The minimum Gasteiger partial charge on any atom is -0.480 e. The summed E-state index contributed by atoms with van der Waals surface area (Å²) in [6, 6.07) is 5.71. The van der Waals surface area contributed by atoms with Crippen molar-refractivity contribution < 1.29 is 23.9 Å². The van der Waals surface area contributed by atoms with Crippen LogP contribution in [0.1, 0.15) is 5.56 Å². The first kappa shape index (κ1) is 17.1. The lowest BCUT2D eigenvalue weighted by molar-refractivity contribution is -0.138. The van der Waals surface area contributed by atoms with E-state index >= 15 is 0 Å². The highest BCUT2D eigenvalue weighted by molar-refractivity contribution is 8.26. The fourth-order valence-corrected chi connectivity index (χ4v) is 3.01.